The molecule has 0 atom stereocenters. The molecule has 19 heavy (non-hydrogen) atoms. The Kier molecular flexibility index (Phi) is 9.67. The molecule has 0 amide bonds. The van der Waals surface area contributed by atoms with Gasteiger partial charge in [0.25, 0.3) is 0 Å². The average Bonchev–Trinajstić information content (AvgIpc) is 2.28. The van der Waals surface area contributed by atoms with Crippen LogP contribution in [0.3, 0.4) is 0 Å². The van der Waals surface area contributed by atoms with Gasteiger partial charge in [0.15, 0.2) is 0 Å². The summed E-state index contributed by atoms with van der Waals surface area (Å²) in [5, 5.41) is 0. The quantitative estimate of drug-likeness (QED) is 0.393. The minimum absolute atomic E-state index is 0.835. The number of unbranched alkanes of at least 4 members (excludes halogenated alkanes) is 2. The van der Waals surface area contributed by atoms with Crippen LogP contribution in [0.4, 0.5) is 0 Å². The summed E-state index contributed by atoms with van der Waals surface area (Å²) in [6.45, 7) is 11.0. The normalized spacial score (nSPS) is 12.9. The Bertz CT molecular complexity index is 193. The number of quaternary nitrogens is 2. The molecule has 0 aliphatic heterocycles. The van der Waals surface area contributed by atoms with Gasteiger partial charge in [-0.2, -0.15) is 0 Å². The SMILES string of the molecule is CCCCC[N+](C)(C)CCC[N+](C)(C)CCOCC. The fourth-order valence-electron chi connectivity index (χ4n) is 2.40. The fourth-order valence-corrected chi connectivity index (χ4v) is 2.40. The monoisotopic (exact) mass is 274 g/mol. The van der Waals surface area contributed by atoms with Crippen molar-refractivity contribution in [2.75, 3.05) is 67.6 Å². The van der Waals surface area contributed by atoms with Gasteiger partial charge in [0.2, 0.25) is 0 Å². The largest absolute Gasteiger partial charge is 0.376 e. The molecule has 0 unspecified atom stereocenters. The standard InChI is InChI=1S/C16H38N2O/c1-7-9-10-12-17(3,4)13-11-14-18(5,6)15-16-19-8-2/h7-16H2,1-6H3/q+2. The highest BCUT2D eigenvalue weighted by molar-refractivity contribution is 4.42. The molecule has 116 valence electrons. The molecule has 0 bridgehead atoms. The van der Waals surface area contributed by atoms with Crippen molar-refractivity contribution in [2.24, 2.45) is 0 Å². The summed E-state index contributed by atoms with van der Waals surface area (Å²) in [6, 6.07) is 0. The zero-order valence-electron chi connectivity index (χ0n) is 14.4. The molecular weight excluding hydrogens is 236 g/mol. The molecule has 0 aromatic carbocycles. The van der Waals surface area contributed by atoms with E-state index in [1.165, 1.54) is 49.8 Å². The molecule has 0 aromatic heterocycles. The van der Waals surface area contributed by atoms with E-state index >= 15 is 0 Å². The molecule has 0 spiro atoms. The molecule has 0 aliphatic rings. The third-order valence-electron chi connectivity index (χ3n) is 3.94. The number of nitrogens with zero attached hydrogens (tertiary/aromatic N) is 2. The highest BCUT2D eigenvalue weighted by Gasteiger charge is 2.19. The first-order chi connectivity index (χ1) is 8.83. The van der Waals surface area contributed by atoms with Crippen molar-refractivity contribution in [3.05, 3.63) is 0 Å². The van der Waals surface area contributed by atoms with E-state index in [1.54, 1.807) is 0 Å². The molecule has 3 nitrogen and oxygen atoms in total. The van der Waals surface area contributed by atoms with Gasteiger partial charge >= 0.3 is 0 Å². The van der Waals surface area contributed by atoms with Crippen molar-refractivity contribution in [1.82, 2.24) is 0 Å². The summed E-state index contributed by atoms with van der Waals surface area (Å²) in [7, 11) is 9.37. The molecule has 0 radical (unpaired) electrons. The number of hydrogen-bond acceptors (Lipinski definition) is 1. The Balaban J connectivity index is 3.79. The lowest BCUT2D eigenvalue weighted by molar-refractivity contribution is -0.909. The summed E-state index contributed by atoms with van der Waals surface area (Å²) in [5.74, 6) is 0. The predicted molar refractivity (Wildman–Crippen MR) is 84.3 cm³/mol. The molecule has 0 N–H and O–H groups in total. The van der Waals surface area contributed by atoms with Gasteiger partial charge in [-0.15, -0.1) is 0 Å². The van der Waals surface area contributed by atoms with Crippen molar-refractivity contribution in [1.29, 1.82) is 0 Å². The van der Waals surface area contributed by atoms with E-state index in [2.05, 4.69) is 42.0 Å². The van der Waals surface area contributed by atoms with Gasteiger partial charge < -0.3 is 13.7 Å². The van der Waals surface area contributed by atoms with E-state index < -0.39 is 0 Å². The zero-order valence-corrected chi connectivity index (χ0v) is 14.4. The van der Waals surface area contributed by atoms with E-state index in [1.807, 2.05) is 0 Å². The van der Waals surface area contributed by atoms with Crippen molar-refractivity contribution >= 4 is 0 Å². The van der Waals surface area contributed by atoms with Gasteiger partial charge in [0, 0.05) is 13.0 Å². The van der Waals surface area contributed by atoms with Crippen LogP contribution in [-0.4, -0.2) is 76.5 Å². The molecule has 0 saturated carbocycles. The van der Waals surface area contributed by atoms with Gasteiger partial charge in [0.1, 0.15) is 6.54 Å². The molecule has 0 aromatic rings. The molecular formula is C16H38N2O+2. The number of likely N-dealkylation sites (N-methyl/N-ethyl adjacent to an activating group) is 1. The predicted octanol–water partition coefficient (Wildman–Crippen LogP) is 2.76. The lowest BCUT2D eigenvalue weighted by atomic mass is 10.2. The average molecular weight is 274 g/mol. The van der Waals surface area contributed by atoms with Crippen molar-refractivity contribution in [3.8, 4) is 0 Å². The van der Waals surface area contributed by atoms with E-state index in [0.29, 0.717) is 0 Å². The molecule has 0 rings (SSSR count). The minimum Gasteiger partial charge on any atom is -0.376 e. The van der Waals surface area contributed by atoms with Crippen LogP contribution in [0, 0.1) is 0 Å². The molecule has 0 fully saturated rings. The first-order valence-electron chi connectivity index (χ1n) is 8.05. The van der Waals surface area contributed by atoms with Crippen molar-refractivity contribution in [3.63, 3.8) is 0 Å². The lowest BCUT2D eigenvalue weighted by Gasteiger charge is -2.33. The Hall–Kier alpha value is -0.120. The van der Waals surface area contributed by atoms with Crippen LogP contribution in [-0.2, 0) is 4.74 Å². The minimum atomic E-state index is 0.835. The van der Waals surface area contributed by atoms with E-state index in [9.17, 15) is 0 Å². The highest BCUT2D eigenvalue weighted by Crippen LogP contribution is 2.07. The van der Waals surface area contributed by atoms with E-state index in [-0.39, 0.29) is 0 Å². The summed E-state index contributed by atoms with van der Waals surface area (Å²) >= 11 is 0. The van der Waals surface area contributed by atoms with Gasteiger partial charge in [-0.1, -0.05) is 13.3 Å². The second-order valence-corrected chi connectivity index (χ2v) is 7.02. The third kappa shape index (κ3) is 11.4. The second-order valence-electron chi connectivity index (χ2n) is 7.02. The maximum Gasteiger partial charge on any atom is 0.102 e. The zero-order chi connectivity index (χ0) is 14.8. The Labute approximate surface area is 121 Å². The van der Waals surface area contributed by atoms with Crippen molar-refractivity contribution in [2.45, 2.75) is 39.5 Å². The van der Waals surface area contributed by atoms with Crippen LogP contribution < -0.4 is 0 Å². The Morgan fingerprint density at radius 2 is 1.21 bits per heavy atom. The van der Waals surface area contributed by atoms with E-state index in [4.69, 9.17) is 4.74 Å². The van der Waals surface area contributed by atoms with Crippen LogP contribution >= 0.6 is 0 Å². The maximum absolute atomic E-state index is 5.46. The summed E-state index contributed by atoms with van der Waals surface area (Å²) < 4.78 is 7.71. The Morgan fingerprint density at radius 3 is 1.74 bits per heavy atom. The lowest BCUT2D eigenvalue weighted by Crippen LogP contribution is -2.47. The summed E-state index contributed by atoms with van der Waals surface area (Å²) in [4.78, 5) is 0. The molecule has 3 heteroatoms. The maximum atomic E-state index is 5.46. The topological polar surface area (TPSA) is 9.23 Å². The highest BCUT2D eigenvalue weighted by atomic mass is 16.5. The van der Waals surface area contributed by atoms with Gasteiger partial charge in [-0.05, 0) is 19.8 Å². The first-order valence-corrected chi connectivity index (χ1v) is 8.05. The summed E-state index contributed by atoms with van der Waals surface area (Å²) in [6.07, 6.45) is 5.36. The molecule has 0 heterocycles. The first kappa shape index (κ1) is 18.9. The Morgan fingerprint density at radius 1 is 0.684 bits per heavy atom. The number of ether oxygens (including phenoxy) is 1. The fraction of sp³-hybridized carbons (Fsp3) is 1.00. The second kappa shape index (κ2) is 9.73. The van der Waals surface area contributed by atoms with Crippen molar-refractivity contribution < 1.29 is 13.7 Å². The van der Waals surface area contributed by atoms with Crippen LogP contribution in [0.2, 0.25) is 0 Å². The smallest absolute Gasteiger partial charge is 0.102 e. The van der Waals surface area contributed by atoms with Gasteiger partial charge in [-0.3, -0.25) is 0 Å². The number of hydrogen-bond donors (Lipinski definition) is 0. The number of rotatable bonds is 12. The van der Waals surface area contributed by atoms with Crippen LogP contribution in [0.5, 0.6) is 0 Å². The summed E-state index contributed by atoms with van der Waals surface area (Å²) in [5.41, 5.74) is 0. The van der Waals surface area contributed by atoms with Gasteiger partial charge in [-0.25, -0.2) is 0 Å². The third-order valence-corrected chi connectivity index (χ3v) is 3.94. The van der Waals surface area contributed by atoms with Crippen LogP contribution in [0.1, 0.15) is 39.5 Å². The van der Waals surface area contributed by atoms with Gasteiger partial charge in [0.05, 0.1) is 54.4 Å². The molecule has 0 aliphatic carbocycles. The van der Waals surface area contributed by atoms with E-state index in [0.717, 1.165) is 24.2 Å². The van der Waals surface area contributed by atoms with Crippen LogP contribution in [0.15, 0.2) is 0 Å². The van der Waals surface area contributed by atoms with Crippen LogP contribution in [0.25, 0.3) is 0 Å². The molecule has 0 saturated heterocycles.